The smallest absolute Gasteiger partial charge is 0.253 e. The van der Waals surface area contributed by atoms with Crippen molar-refractivity contribution in [3.63, 3.8) is 0 Å². The van der Waals surface area contributed by atoms with Gasteiger partial charge in [0.1, 0.15) is 15.4 Å². The van der Waals surface area contributed by atoms with E-state index in [1.165, 1.54) is 6.26 Å². The van der Waals surface area contributed by atoms with Crippen LogP contribution in [0.25, 0.3) is 22.3 Å². The highest BCUT2D eigenvalue weighted by atomic mass is 32.2. The lowest BCUT2D eigenvalue weighted by Gasteiger charge is -2.25. The van der Waals surface area contributed by atoms with Crippen molar-refractivity contribution in [2.45, 2.75) is 19.3 Å². The summed E-state index contributed by atoms with van der Waals surface area (Å²) in [6, 6.07) is 7.85. The maximum Gasteiger partial charge on any atom is 0.253 e. The number of rotatable bonds is 6. The Bertz CT molecular complexity index is 1410. The largest absolute Gasteiger partial charge is 0.357 e. The van der Waals surface area contributed by atoms with Crippen molar-refractivity contribution < 1.29 is 13.2 Å². The molecule has 3 N–H and O–H groups in total. The lowest BCUT2D eigenvalue weighted by molar-refractivity contribution is 0.0940. The number of nitrogens with one attached hydrogen (secondary N) is 3. The first-order valence-electron chi connectivity index (χ1n) is 11.9. The molecule has 0 saturated carbocycles. The molecule has 0 saturated heterocycles. The number of allylic oxidation sites excluding steroid dienone is 1. The number of anilines is 1. The van der Waals surface area contributed by atoms with Gasteiger partial charge in [0.2, 0.25) is 0 Å². The van der Waals surface area contributed by atoms with Crippen LogP contribution in [0.2, 0.25) is 0 Å². The number of aromatic amines is 1. The Labute approximate surface area is 205 Å². The average Bonchev–Trinajstić information content (AvgIpc) is 3.26. The van der Waals surface area contributed by atoms with E-state index >= 15 is 0 Å². The van der Waals surface area contributed by atoms with Crippen molar-refractivity contribution in [3.05, 3.63) is 53.4 Å². The summed E-state index contributed by atoms with van der Waals surface area (Å²) in [4.78, 5) is 28.2. The van der Waals surface area contributed by atoms with Gasteiger partial charge in [-0.15, -0.1) is 0 Å². The number of sulfone groups is 1. The number of fused-ring (bicyclic) bond motifs is 3. The molecule has 0 aliphatic carbocycles. The molecular formula is C25H30N6O3S. The van der Waals surface area contributed by atoms with Crippen molar-refractivity contribution in [3.8, 4) is 11.3 Å². The number of aryl methyl sites for hydroxylation is 1. The third-order valence-corrected chi connectivity index (χ3v) is 7.51. The van der Waals surface area contributed by atoms with E-state index in [0.717, 1.165) is 45.9 Å². The van der Waals surface area contributed by atoms with Crippen molar-refractivity contribution in [1.82, 2.24) is 25.6 Å². The minimum absolute atomic E-state index is 0.0489. The summed E-state index contributed by atoms with van der Waals surface area (Å²) >= 11 is 0. The second kappa shape index (κ2) is 9.43. The van der Waals surface area contributed by atoms with Gasteiger partial charge in [0.05, 0.1) is 22.5 Å². The number of benzene rings is 1. The molecule has 9 nitrogen and oxygen atoms in total. The quantitative estimate of drug-likeness (QED) is 0.355. The van der Waals surface area contributed by atoms with E-state index in [4.69, 9.17) is 9.97 Å². The van der Waals surface area contributed by atoms with Crippen molar-refractivity contribution >= 4 is 32.6 Å². The number of carbonyl (C=O) groups excluding carboxylic acids is 1. The van der Waals surface area contributed by atoms with Gasteiger partial charge in [0.15, 0.2) is 5.82 Å². The van der Waals surface area contributed by atoms with E-state index in [1.54, 1.807) is 0 Å². The highest BCUT2D eigenvalue weighted by Crippen LogP contribution is 2.34. The SMILES string of the molecule is Cc1nc2cccc3c2nc1N(CCNCCS(C)(=O)=O)C/C=C\C[C@H]1CNC(=O)c2cc-3[nH]c21. The maximum atomic E-state index is 12.5. The second-order valence-electron chi connectivity index (χ2n) is 9.26. The molecule has 184 valence electrons. The number of nitrogens with zero attached hydrogens (tertiary/aromatic N) is 3. The molecule has 0 radical (unpaired) electrons. The van der Waals surface area contributed by atoms with Crippen LogP contribution in [-0.2, 0) is 9.84 Å². The van der Waals surface area contributed by atoms with Gasteiger partial charge in [-0.3, -0.25) is 4.79 Å². The van der Waals surface area contributed by atoms with Gasteiger partial charge in [-0.2, -0.15) is 0 Å². The first-order valence-corrected chi connectivity index (χ1v) is 13.9. The van der Waals surface area contributed by atoms with Crippen LogP contribution in [0.15, 0.2) is 36.4 Å². The van der Waals surface area contributed by atoms with Crippen molar-refractivity contribution in [1.29, 1.82) is 0 Å². The summed E-state index contributed by atoms with van der Waals surface area (Å²) < 4.78 is 22.8. The highest BCUT2D eigenvalue weighted by Gasteiger charge is 2.28. The Morgan fingerprint density at radius 1 is 1.17 bits per heavy atom. The minimum atomic E-state index is -3.00. The van der Waals surface area contributed by atoms with E-state index < -0.39 is 9.84 Å². The summed E-state index contributed by atoms with van der Waals surface area (Å²) in [5, 5.41) is 6.24. The normalized spacial score (nSPS) is 18.6. The highest BCUT2D eigenvalue weighted by molar-refractivity contribution is 7.90. The molecule has 2 aliphatic heterocycles. The van der Waals surface area contributed by atoms with Crippen LogP contribution in [0.1, 0.15) is 34.1 Å². The van der Waals surface area contributed by atoms with Crippen LogP contribution in [0.5, 0.6) is 0 Å². The molecule has 4 heterocycles. The molecule has 0 fully saturated rings. The Balaban J connectivity index is 1.54. The van der Waals surface area contributed by atoms with Gasteiger partial charge in [-0.1, -0.05) is 24.3 Å². The summed E-state index contributed by atoms with van der Waals surface area (Å²) in [6.45, 7) is 4.91. The van der Waals surface area contributed by atoms with Crippen LogP contribution < -0.4 is 15.5 Å². The van der Waals surface area contributed by atoms with Crippen molar-refractivity contribution in [2.24, 2.45) is 0 Å². The number of H-pyrrole nitrogens is 1. The first kappa shape index (κ1) is 23.5. The number of amides is 1. The second-order valence-corrected chi connectivity index (χ2v) is 11.5. The molecule has 1 atom stereocenters. The van der Waals surface area contributed by atoms with Crippen molar-refractivity contribution in [2.75, 3.05) is 49.6 Å². The summed E-state index contributed by atoms with van der Waals surface area (Å²) in [7, 11) is -3.00. The third-order valence-electron chi connectivity index (χ3n) is 6.57. The standard InChI is InChI=1S/C25H30N6O3S/c1-16-24-30-23-18(7-5-8-20(23)28-16)21-14-19-22(29-21)17(15-27-25(19)32)6-3-4-11-31(24)12-9-26-10-13-35(2,33)34/h3-5,7-8,14,17,26,29H,6,9-13,15H2,1-2H3,(H,27,32)/b4-3-/t17-/m0/s1. The Hall–Kier alpha value is -3.24. The van der Waals surface area contributed by atoms with Gasteiger partial charge in [-0.05, 0) is 25.5 Å². The Kier molecular flexibility index (Phi) is 6.33. The molecule has 5 rings (SSSR count). The molecule has 3 aromatic rings. The van der Waals surface area contributed by atoms with Gasteiger partial charge in [0.25, 0.3) is 5.91 Å². The minimum Gasteiger partial charge on any atom is -0.357 e. The molecule has 0 spiro atoms. The van der Waals surface area contributed by atoms with E-state index in [0.29, 0.717) is 38.3 Å². The van der Waals surface area contributed by atoms with Gasteiger partial charge in [0, 0.05) is 61.8 Å². The zero-order chi connectivity index (χ0) is 24.6. The zero-order valence-corrected chi connectivity index (χ0v) is 20.8. The maximum absolute atomic E-state index is 12.5. The molecule has 1 amide bonds. The van der Waals surface area contributed by atoms with Crippen LogP contribution in [0.3, 0.4) is 0 Å². The van der Waals surface area contributed by atoms with Gasteiger partial charge < -0.3 is 20.5 Å². The van der Waals surface area contributed by atoms with E-state index in [2.05, 4.69) is 32.7 Å². The molecule has 1 aromatic carbocycles. The molecule has 10 heteroatoms. The molecule has 0 unspecified atom stereocenters. The predicted molar refractivity (Wildman–Crippen MR) is 138 cm³/mol. The van der Waals surface area contributed by atoms with Crippen LogP contribution in [0.4, 0.5) is 5.82 Å². The van der Waals surface area contributed by atoms with E-state index in [-0.39, 0.29) is 17.6 Å². The molecular weight excluding hydrogens is 464 g/mol. The molecule has 35 heavy (non-hydrogen) atoms. The summed E-state index contributed by atoms with van der Waals surface area (Å²) in [5.74, 6) is 1.04. The fraction of sp³-hybridized carbons (Fsp3) is 0.400. The summed E-state index contributed by atoms with van der Waals surface area (Å²) in [5.41, 5.74) is 5.86. The molecule has 4 bridgehead atoms. The fourth-order valence-electron chi connectivity index (χ4n) is 4.76. The van der Waals surface area contributed by atoms with Crippen LogP contribution in [-0.4, -0.2) is 74.0 Å². The zero-order valence-electron chi connectivity index (χ0n) is 20.0. The number of para-hydroxylation sites is 1. The monoisotopic (exact) mass is 494 g/mol. The van der Waals surface area contributed by atoms with E-state index in [9.17, 15) is 13.2 Å². The first-order chi connectivity index (χ1) is 16.8. The number of hydrogen-bond acceptors (Lipinski definition) is 7. The van der Waals surface area contributed by atoms with Gasteiger partial charge >= 0.3 is 0 Å². The molecule has 2 aliphatic rings. The lowest BCUT2D eigenvalue weighted by Crippen LogP contribution is -2.35. The Morgan fingerprint density at radius 3 is 2.86 bits per heavy atom. The predicted octanol–water partition coefficient (Wildman–Crippen LogP) is 2.16. The van der Waals surface area contributed by atoms with Crippen LogP contribution >= 0.6 is 0 Å². The Morgan fingerprint density at radius 2 is 2.03 bits per heavy atom. The molecule has 2 aromatic heterocycles. The fourth-order valence-corrected chi connectivity index (χ4v) is 5.27. The lowest BCUT2D eigenvalue weighted by atomic mass is 9.94. The number of carbonyl (C=O) groups is 1. The third kappa shape index (κ3) is 4.94. The topological polar surface area (TPSA) is 120 Å². The van der Waals surface area contributed by atoms with E-state index in [1.807, 2.05) is 31.2 Å². The number of aromatic nitrogens is 3. The van der Waals surface area contributed by atoms with Crippen LogP contribution in [0, 0.1) is 6.92 Å². The summed E-state index contributed by atoms with van der Waals surface area (Å²) in [6.07, 6.45) is 6.34. The number of hydrogen-bond donors (Lipinski definition) is 3. The average molecular weight is 495 g/mol. The van der Waals surface area contributed by atoms with Gasteiger partial charge in [-0.25, -0.2) is 18.4 Å².